The summed E-state index contributed by atoms with van der Waals surface area (Å²) >= 11 is 0. The molecule has 1 N–H and O–H groups in total. The molecule has 1 aliphatic heterocycles. The van der Waals surface area contributed by atoms with Crippen LogP contribution < -0.4 is 4.90 Å². The maximum atomic E-state index is 13.2. The van der Waals surface area contributed by atoms with Crippen LogP contribution in [0.25, 0.3) is 6.08 Å². The van der Waals surface area contributed by atoms with E-state index in [1.807, 2.05) is 37.3 Å². The molecule has 1 aliphatic rings. The van der Waals surface area contributed by atoms with Gasteiger partial charge < -0.3 is 14.4 Å². The number of hydrogen-bond donors (Lipinski definition) is 1. The van der Waals surface area contributed by atoms with Crippen molar-refractivity contribution in [3.63, 3.8) is 0 Å². The summed E-state index contributed by atoms with van der Waals surface area (Å²) < 4.78 is 5.17. The average Bonchev–Trinajstić information content (AvgIpc) is 3.30. The first-order valence-electron chi connectivity index (χ1n) is 9.42. The van der Waals surface area contributed by atoms with Crippen molar-refractivity contribution in [1.29, 1.82) is 0 Å². The van der Waals surface area contributed by atoms with Crippen LogP contribution in [0.15, 0.2) is 77.4 Å². The summed E-state index contributed by atoms with van der Waals surface area (Å²) in [4.78, 5) is 27.3. The van der Waals surface area contributed by atoms with E-state index in [2.05, 4.69) is 0 Å². The van der Waals surface area contributed by atoms with E-state index in [0.717, 1.165) is 11.1 Å². The third-order valence-electron chi connectivity index (χ3n) is 5.24. The zero-order chi connectivity index (χ0) is 20.4. The summed E-state index contributed by atoms with van der Waals surface area (Å²) in [6, 6.07) is 18.3. The molecule has 5 nitrogen and oxygen atoms in total. The van der Waals surface area contributed by atoms with E-state index in [1.165, 1.54) is 18.4 Å². The predicted octanol–water partition coefficient (Wildman–Crippen LogP) is 4.00. The third-order valence-corrected chi connectivity index (χ3v) is 5.24. The minimum Gasteiger partial charge on any atom is -0.465 e. The number of allylic oxidation sites excluding steroid dienone is 1. The van der Waals surface area contributed by atoms with Crippen LogP contribution in [-0.4, -0.2) is 16.8 Å². The topological polar surface area (TPSA) is 70.8 Å². The highest BCUT2D eigenvalue weighted by molar-refractivity contribution is 6.10. The van der Waals surface area contributed by atoms with E-state index in [9.17, 15) is 14.7 Å². The number of amides is 1. The number of anilines is 1. The van der Waals surface area contributed by atoms with E-state index in [-0.39, 0.29) is 12.2 Å². The first kappa shape index (κ1) is 18.9. The number of hydrogen-bond acceptors (Lipinski definition) is 4. The maximum Gasteiger partial charge on any atom is 0.264 e. The lowest BCUT2D eigenvalue weighted by molar-refractivity contribution is -0.140. The van der Waals surface area contributed by atoms with Crippen molar-refractivity contribution >= 4 is 23.5 Å². The minimum atomic E-state index is -1.89. The molecular formula is C24H21NO4. The van der Waals surface area contributed by atoms with Gasteiger partial charge in [-0.2, -0.15) is 0 Å². The summed E-state index contributed by atoms with van der Waals surface area (Å²) in [5.41, 5.74) is 1.25. The first-order valence-corrected chi connectivity index (χ1v) is 9.42. The van der Waals surface area contributed by atoms with Gasteiger partial charge in [0.1, 0.15) is 5.76 Å². The average molecular weight is 387 g/mol. The van der Waals surface area contributed by atoms with Crippen molar-refractivity contribution in [2.75, 3.05) is 4.90 Å². The van der Waals surface area contributed by atoms with E-state index in [1.54, 1.807) is 35.2 Å². The molecule has 0 aliphatic carbocycles. The van der Waals surface area contributed by atoms with Crippen LogP contribution in [0.3, 0.4) is 0 Å². The van der Waals surface area contributed by atoms with E-state index in [4.69, 9.17) is 4.42 Å². The fourth-order valence-electron chi connectivity index (χ4n) is 3.66. The molecule has 0 saturated heterocycles. The summed E-state index contributed by atoms with van der Waals surface area (Å²) in [5, 5.41) is 11.3. The molecule has 1 amide bonds. The third kappa shape index (κ3) is 3.52. The van der Waals surface area contributed by atoms with Gasteiger partial charge >= 0.3 is 0 Å². The molecule has 0 bridgehead atoms. The van der Waals surface area contributed by atoms with Crippen LogP contribution in [0.1, 0.15) is 28.9 Å². The van der Waals surface area contributed by atoms with Crippen LogP contribution >= 0.6 is 0 Å². The van der Waals surface area contributed by atoms with Crippen molar-refractivity contribution in [1.82, 2.24) is 0 Å². The maximum absolute atomic E-state index is 13.2. The Labute approximate surface area is 168 Å². The molecule has 5 heteroatoms. The highest BCUT2D eigenvalue weighted by atomic mass is 16.3. The molecule has 1 atom stereocenters. The summed E-state index contributed by atoms with van der Waals surface area (Å²) in [6.45, 7) is 2.32. The van der Waals surface area contributed by atoms with Gasteiger partial charge in [-0.1, -0.05) is 42.5 Å². The van der Waals surface area contributed by atoms with E-state index in [0.29, 0.717) is 23.6 Å². The minimum absolute atomic E-state index is 0.329. The van der Waals surface area contributed by atoms with Crippen LogP contribution in [-0.2, 0) is 21.7 Å². The molecule has 0 saturated carbocycles. The lowest BCUT2D eigenvalue weighted by Gasteiger charge is -2.23. The first-order chi connectivity index (χ1) is 14.0. The number of aliphatic hydroxyl groups is 1. The van der Waals surface area contributed by atoms with Crippen molar-refractivity contribution in [2.45, 2.75) is 25.5 Å². The van der Waals surface area contributed by atoms with Crippen LogP contribution in [0.4, 0.5) is 5.69 Å². The molecule has 0 fully saturated rings. The lowest BCUT2D eigenvalue weighted by Crippen LogP contribution is -2.41. The molecule has 2 heterocycles. The molecule has 0 radical (unpaired) electrons. The number of fused-ring (bicyclic) bond motifs is 1. The second kappa shape index (κ2) is 7.53. The number of carbonyl (C=O) groups excluding carboxylic acids is 2. The standard InChI is InChI=1S/C24H21NO4/c1-17-7-2-3-8-18(17)16-25-22-11-5-4-10-21(22)24(28,23(25)27)15-19(26)12-13-20-9-6-14-29-20/h2-14,28H,15-16H2,1H3. The van der Waals surface area contributed by atoms with Crippen molar-refractivity contribution < 1.29 is 19.1 Å². The van der Waals surface area contributed by atoms with Gasteiger partial charge in [-0.15, -0.1) is 0 Å². The van der Waals surface area contributed by atoms with Gasteiger partial charge in [0.15, 0.2) is 11.4 Å². The zero-order valence-corrected chi connectivity index (χ0v) is 16.0. The number of para-hydroxylation sites is 1. The van der Waals surface area contributed by atoms with Crippen LogP contribution in [0, 0.1) is 6.92 Å². The largest absolute Gasteiger partial charge is 0.465 e. The quantitative estimate of drug-likeness (QED) is 0.649. The molecular weight excluding hydrogens is 366 g/mol. The van der Waals surface area contributed by atoms with Gasteiger partial charge in [-0.05, 0) is 48.4 Å². The highest BCUT2D eigenvalue weighted by Gasteiger charge is 2.50. The molecule has 1 unspecified atom stereocenters. The Kier molecular flexibility index (Phi) is 4.91. The monoisotopic (exact) mass is 387 g/mol. The van der Waals surface area contributed by atoms with Crippen molar-refractivity contribution in [3.05, 3.63) is 95.5 Å². The fourth-order valence-corrected chi connectivity index (χ4v) is 3.66. The normalized spacial score (nSPS) is 18.4. The van der Waals surface area contributed by atoms with E-state index >= 15 is 0 Å². The molecule has 2 aromatic carbocycles. The number of benzene rings is 2. The Morgan fingerprint density at radius 3 is 2.62 bits per heavy atom. The Hall–Kier alpha value is -3.44. The fraction of sp³-hybridized carbons (Fsp3) is 0.167. The zero-order valence-electron chi connectivity index (χ0n) is 16.0. The SMILES string of the molecule is Cc1ccccc1CN1C(=O)C(O)(CC(=O)C=Cc2ccco2)c2ccccc21. The Morgan fingerprint density at radius 1 is 1.10 bits per heavy atom. The molecule has 3 aromatic rings. The van der Waals surface area contributed by atoms with Gasteiger partial charge in [-0.25, -0.2) is 0 Å². The summed E-state index contributed by atoms with van der Waals surface area (Å²) in [5.74, 6) is -0.309. The number of aryl methyl sites for hydroxylation is 1. The van der Waals surface area contributed by atoms with Gasteiger partial charge in [0.25, 0.3) is 5.91 Å². The number of rotatable bonds is 6. The Balaban J connectivity index is 1.63. The molecule has 146 valence electrons. The second-order valence-electron chi connectivity index (χ2n) is 7.19. The Morgan fingerprint density at radius 2 is 1.86 bits per heavy atom. The van der Waals surface area contributed by atoms with Gasteiger partial charge in [0.05, 0.1) is 24.9 Å². The number of furan rings is 1. The molecule has 29 heavy (non-hydrogen) atoms. The predicted molar refractivity (Wildman–Crippen MR) is 110 cm³/mol. The van der Waals surface area contributed by atoms with Crippen molar-refractivity contribution in [3.8, 4) is 0 Å². The van der Waals surface area contributed by atoms with Gasteiger partial charge in [0.2, 0.25) is 0 Å². The Bertz CT molecular complexity index is 1080. The second-order valence-corrected chi connectivity index (χ2v) is 7.19. The molecule has 1 aromatic heterocycles. The van der Waals surface area contributed by atoms with Crippen molar-refractivity contribution in [2.24, 2.45) is 0 Å². The van der Waals surface area contributed by atoms with Crippen LogP contribution in [0.2, 0.25) is 0 Å². The van der Waals surface area contributed by atoms with Gasteiger partial charge in [0, 0.05) is 5.56 Å². The summed E-state index contributed by atoms with van der Waals surface area (Å²) in [6.07, 6.45) is 4.04. The number of nitrogens with zero attached hydrogens (tertiary/aromatic N) is 1. The van der Waals surface area contributed by atoms with E-state index < -0.39 is 11.5 Å². The number of carbonyl (C=O) groups is 2. The lowest BCUT2D eigenvalue weighted by atomic mass is 9.90. The highest BCUT2D eigenvalue weighted by Crippen LogP contribution is 2.43. The summed E-state index contributed by atoms with van der Waals surface area (Å²) in [7, 11) is 0. The van der Waals surface area contributed by atoms with Crippen LogP contribution in [0.5, 0.6) is 0 Å². The smallest absolute Gasteiger partial charge is 0.264 e. The molecule has 4 rings (SSSR count). The molecule has 0 spiro atoms. The number of ketones is 1. The van der Waals surface area contributed by atoms with Gasteiger partial charge in [-0.3, -0.25) is 9.59 Å².